The molecule has 0 radical (unpaired) electrons. The van der Waals surface area contributed by atoms with Crippen molar-refractivity contribution >= 4 is 5.91 Å². The largest absolute Gasteiger partial charge is 0.372 e. The van der Waals surface area contributed by atoms with E-state index in [4.69, 9.17) is 9.47 Å². The fourth-order valence-corrected chi connectivity index (χ4v) is 4.68. The van der Waals surface area contributed by atoms with Gasteiger partial charge in [-0.25, -0.2) is 0 Å². The Morgan fingerprint density at radius 3 is 2.81 bits per heavy atom. The number of nitrogens with zero attached hydrogens (tertiary/aromatic N) is 2. The molecule has 0 N–H and O–H groups in total. The Hall–Kier alpha value is -1.43. The summed E-state index contributed by atoms with van der Waals surface area (Å²) < 4.78 is 12.1. The van der Waals surface area contributed by atoms with Gasteiger partial charge in [-0.2, -0.15) is 0 Å². The number of carbonyl (C=O) groups is 1. The summed E-state index contributed by atoms with van der Waals surface area (Å²) in [4.78, 5) is 16.6. The zero-order valence-corrected chi connectivity index (χ0v) is 16.7. The minimum Gasteiger partial charge on any atom is -0.372 e. The third kappa shape index (κ3) is 4.36. The Kier molecular flexibility index (Phi) is 5.53. The number of ether oxygens (including phenoxy) is 2. The van der Waals surface area contributed by atoms with Gasteiger partial charge in [-0.05, 0) is 44.2 Å². The molecule has 4 rings (SSSR count). The third-order valence-electron chi connectivity index (χ3n) is 6.27. The summed E-state index contributed by atoms with van der Waals surface area (Å²) in [6.45, 7) is 9.99. The molecule has 0 aromatic heterocycles. The van der Waals surface area contributed by atoms with Crippen molar-refractivity contribution in [1.29, 1.82) is 0 Å². The highest BCUT2D eigenvalue weighted by molar-refractivity contribution is 5.77. The highest BCUT2D eigenvalue weighted by Gasteiger charge is 2.47. The number of amides is 1. The van der Waals surface area contributed by atoms with E-state index in [1.807, 2.05) is 4.90 Å². The van der Waals surface area contributed by atoms with Crippen molar-refractivity contribution in [1.82, 2.24) is 9.80 Å². The van der Waals surface area contributed by atoms with Gasteiger partial charge in [0.15, 0.2) is 0 Å². The van der Waals surface area contributed by atoms with Crippen LogP contribution in [0.1, 0.15) is 42.4 Å². The van der Waals surface area contributed by atoms with Crippen molar-refractivity contribution in [2.24, 2.45) is 0 Å². The van der Waals surface area contributed by atoms with Crippen molar-refractivity contribution in [2.75, 3.05) is 39.4 Å². The van der Waals surface area contributed by atoms with E-state index < -0.39 is 0 Å². The van der Waals surface area contributed by atoms with E-state index >= 15 is 0 Å². The van der Waals surface area contributed by atoms with Gasteiger partial charge in [-0.3, -0.25) is 9.69 Å². The van der Waals surface area contributed by atoms with Gasteiger partial charge in [0, 0.05) is 45.8 Å². The standard InChI is InChI=1S/C22H32N2O3/c1-17-5-6-18(2)19(11-17)13-23-15-22(16-23)12-20(7-10-27-22)26-14-21(25)24-8-3-4-9-24/h5-6,11,20H,3-4,7-10,12-16H2,1-2H3/t20-/m1/s1. The molecular weight excluding hydrogens is 340 g/mol. The average molecular weight is 373 g/mol. The van der Waals surface area contributed by atoms with E-state index in [-0.39, 0.29) is 24.2 Å². The molecule has 1 aromatic rings. The number of aryl methyl sites for hydroxylation is 2. The van der Waals surface area contributed by atoms with Crippen molar-refractivity contribution in [3.05, 3.63) is 34.9 Å². The Balaban J connectivity index is 1.25. The molecule has 27 heavy (non-hydrogen) atoms. The molecule has 0 unspecified atom stereocenters. The van der Waals surface area contributed by atoms with Crippen molar-refractivity contribution in [3.63, 3.8) is 0 Å². The monoisotopic (exact) mass is 372 g/mol. The lowest BCUT2D eigenvalue weighted by molar-refractivity contribution is -0.200. The zero-order valence-electron chi connectivity index (χ0n) is 16.7. The van der Waals surface area contributed by atoms with E-state index in [2.05, 4.69) is 36.9 Å². The Morgan fingerprint density at radius 2 is 2.04 bits per heavy atom. The van der Waals surface area contributed by atoms with Crippen LogP contribution >= 0.6 is 0 Å². The first-order valence-electron chi connectivity index (χ1n) is 10.3. The summed E-state index contributed by atoms with van der Waals surface area (Å²) in [5.41, 5.74) is 4.01. The number of hydrogen-bond donors (Lipinski definition) is 0. The summed E-state index contributed by atoms with van der Waals surface area (Å²) in [6.07, 6.45) is 4.20. The lowest BCUT2D eigenvalue weighted by Gasteiger charge is -2.53. The SMILES string of the molecule is Cc1ccc(C)c(CN2CC3(C[C@H](OCC(=O)N4CCCC4)CCO3)C2)c1. The normalized spacial score (nSPS) is 25.0. The van der Waals surface area contributed by atoms with Crippen LogP contribution in [0.25, 0.3) is 0 Å². The summed E-state index contributed by atoms with van der Waals surface area (Å²) in [6, 6.07) is 6.67. The molecule has 0 saturated carbocycles. The predicted molar refractivity (Wildman–Crippen MR) is 105 cm³/mol. The van der Waals surface area contributed by atoms with E-state index in [0.717, 1.165) is 65.0 Å². The van der Waals surface area contributed by atoms with Crippen LogP contribution in [-0.4, -0.2) is 66.8 Å². The van der Waals surface area contributed by atoms with E-state index in [1.54, 1.807) is 0 Å². The molecule has 3 aliphatic heterocycles. The first kappa shape index (κ1) is 18.9. The highest BCUT2D eigenvalue weighted by atomic mass is 16.5. The van der Waals surface area contributed by atoms with Gasteiger partial charge in [0.1, 0.15) is 6.61 Å². The average Bonchev–Trinajstić information content (AvgIpc) is 3.16. The maximum Gasteiger partial charge on any atom is 0.248 e. The summed E-state index contributed by atoms with van der Waals surface area (Å²) in [5, 5.41) is 0. The molecule has 1 atom stereocenters. The molecule has 3 heterocycles. The molecule has 3 aliphatic rings. The van der Waals surface area contributed by atoms with E-state index in [0.29, 0.717) is 0 Å². The molecule has 5 heteroatoms. The lowest BCUT2D eigenvalue weighted by Crippen LogP contribution is -2.65. The van der Waals surface area contributed by atoms with Crippen LogP contribution < -0.4 is 0 Å². The number of benzene rings is 1. The molecule has 3 fully saturated rings. The van der Waals surface area contributed by atoms with Gasteiger partial charge in [-0.1, -0.05) is 23.8 Å². The predicted octanol–water partition coefficient (Wildman–Crippen LogP) is 2.68. The zero-order chi connectivity index (χ0) is 18.9. The van der Waals surface area contributed by atoms with Crippen LogP contribution in [0.3, 0.4) is 0 Å². The van der Waals surface area contributed by atoms with Crippen molar-refractivity contribution < 1.29 is 14.3 Å². The van der Waals surface area contributed by atoms with Gasteiger partial charge in [0.25, 0.3) is 0 Å². The molecule has 0 aliphatic carbocycles. The number of likely N-dealkylation sites (tertiary alicyclic amines) is 2. The molecule has 0 bridgehead atoms. The summed E-state index contributed by atoms with van der Waals surface area (Å²) in [7, 11) is 0. The topological polar surface area (TPSA) is 42.0 Å². The van der Waals surface area contributed by atoms with Crippen LogP contribution in [0.2, 0.25) is 0 Å². The molecule has 148 valence electrons. The van der Waals surface area contributed by atoms with Gasteiger partial charge in [0.2, 0.25) is 5.91 Å². The van der Waals surface area contributed by atoms with Crippen LogP contribution in [-0.2, 0) is 20.8 Å². The maximum absolute atomic E-state index is 12.2. The minimum atomic E-state index is -0.0721. The van der Waals surface area contributed by atoms with Crippen LogP contribution in [0.15, 0.2) is 18.2 Å². The first-order chi connectivity index (χ1) is 13.0. The van der Waals surface area contributed by atoms with Gasteiger partial charge in [0.05, 0.1) is 11.7 Å². The molecular formula is C22H32N2O3. The molecule has 5 nitrogen and oxygen atoms in total. The highest BCUT2D eigenvalue weighted by Crippen LogP contribution is 2.36. The lowest BCUT2D eigenvalue weighted by atomic mass is 9.84. The second kappa shape index (κ2) is 7.90. The van der Waals surface area contributed by atoms with Crippen molar-refractivity contribution in [3.8, 4) is 0 Å². The molecule has 3 saturated heterocycles. The van der Waals surface area contributed by atoms with E-state index in [1.165, 1.54) is 16.7 Å². The fourth-order valence-electron chi connectivity index (χ4n) is 4.68. The minimum absolute atomic E-state index is 0.0721. The van der Waals surface area contributed by atoms with Crippen LogP contribution in [0, 0.1) is 13.8 Å². The Labute approximate surface area is 162 Å². The second-order valence-electron chi connectivity index (χ2n) is 8.62. The molecule has 1 aromatic carbocycles. The number of carbonyl (C=O) groups excluding carboxylic acids is 1. The Bertz CT molecular complexity index is 678. The molecule has 1 amide bonds. The Morgan fingerprint density at radius 1 is 1.26 bits per heavy atom. The van der Waals surface area contributed by atoms with Crippen LogP contribution in [0.5, 0.6) is 0 Å². The molecule has 1 spiro atoms. The maximum atomic E-state index is 12.2. The first-order valence-corrected chi connectivity index (χ1v) is 10.3. The quantitative estimate of drug-likeness (QED) is 0.797. The number of rotatable bonds is 5. The summed E-state index contributed by atoms with van der Waals surface area (Å²) in [5.74, 6) is 0.151. The van der Waals surface area contributed by atoms with Gasteiger partial charge in [-0.15, -0.1) is 0 Å². The van der Waals surface area contributed by atoms with E-state index in [9.17, 15) is 4.79 Å². The van der Waals surface area contributed by atoms with Crippen LogP contribution in [0.4, 0.5) is 0 Å². The third-order valence-corrected chi connectivity index (χ3v) is 6.27. The second-order valence-corrected chi connectivity index (χ2v) is 8.62. The van der Waals surface area contributed by atoms with Gasteiger partial charge >= 0.3 is 0 Å². The number of hydrogen-bond acceptors (Lipinski definition) is 4. The fraction of sp³-hybridized carbons (Fsp3) is 0.682. The van der Waals surface area contributed by atoms with Gasteiger partial charge < -0.3 is 14.4 Å². The summed E-state index contributed by atoms with van der Waals surface area (Å²) >= 11 is 0. The van der Waals surface area contributed by atoms with Crippen molar-refractivity contribution in [2.45, 2.75) is 57.8 Å². The smallest absolute Gasteiger partial charge is 0.248 e.